The van der Waals surface area contributed by atoms with Gasteiger partial charge in [0.2, 0.25) is 5.78 Å². The number of ether oxygens (including phenoxy) is 1. The Bertz CT molecular complexity index is 974. The quantitative estimate of drug-likeness (QED) is 0.705. The number of aryl methyl sites for hydroxylation is 2. The zero-order valence-electron chi connectivity index (χ0n) is 14.2. The van der Waals surface area contributed by atoms with Crippen LogP contribution in [0.5, 0.6) is 0 Å². The second-order valence-corrected chi connectivity index (χ2v) is 6.55. The van der Waals surface area contributed by atoms with Crippen LogP contribution in [-0.2, 0) is 18.3 Å². The molecular weight excluding hydrogens is 306 g/mol. The van der Waals surface area contributed by atoms with Crippen LogP contribution in [0.4, 0.5) is 0 Å². The smallest absolute Gasteiger partial charge is 0.262 e. The third-order valence-corrected chi connectivity index (χ3v) is 4.63. The summed E-state index contributed by atoms with van der Waals surface area (Å²) in [5, 5.41) is 9.31. The van der Waals surface area contributed by atoms with Crippen molar-refractivity contribution in [2.45, 2.75) is 26.5 Å². The second-order valence-electron chi connectivity index (χ2n) is 6.55. The molecule has 24 heavy (non-hydrogen) atoms. The Morgan fingerprint density at radius 3 is 2.96 bits per heavy atom. The van der Waals surface area contributed by atoms with Crippen LogP contribution < -0.4 is 5.56 Å². The van der Waals surface area contributed by atoms with Gasteiger partial charge in [-0.3, -0.25) is 18.7 Å². The molecule has 1 aromatic carbocycles. The molecule has 0 bridgehead atoms. The number of rotatable bonds is 2. The first-order valence-corrected chi connectivity index (χ1v) is 8.22. The molecule has 0 amide bonds. The average molecular weight is 327 g/mol. The molecule has 0 aliphatic carbocycles. The van der Waals surface area contributed by atoms with Crippen molar-refractivity contribution < 1.29 is 4.74 Å². The van der Waals surface area contributed by atoms with E-state index < -0.39 is 0 Å². The molecule has 0 N–H and O–H groups in total. The van der Waals surface area contributed by atoms with Gasteiger partial charge in [0, 0.05) is 20.1 Å². The third kappa shape index (κ3) is 2.40. The van der Waals surface area contributed by atoms with Gasteiger partial charge in [-0.05, 0) is 26.0 Å². The van der Waals surface area contributed by atoms with Crippen molar-refractivity contribution in [3.8, 4) is 0 Å². The molecule has 4 rings (SSSR count). The summed E-state index contributed by atoms with van der Waals surface area (Å²) < 4.78 is 9.17. The maximum absolute atomic E-state index is 12.6. The summed E-state index contributed by atoms with van der Waals surface area (Å²) >= 11 is 0. The summed E-state index contributed by atoms with van der Waals surface area (Å²) in [4.78, 5) is 14.9. The summed E-state index contributed by atoms with van der Waals surface area (Å²) in [6.07, 6.45) is 0.224. The summed E-state index contributed by atoms with van der Waals surface area (Å²) in [5.74, 6) is 1.43. The van der Waals surface area contributed by atoms with E-state index >= 15 is 0 Å². The minimum absolute atomic E-state index is 0.0415. The fourth-order valence-electron chi connectivity index (χ4n) is 3.40. The van der Waals surface area contributed by atoms with Crippen LogP contribution in [0.2, 0.25) is 0 Å². The highest BCUT2D eigenvalue weighted by atomic mass is 16.5. The first kappa shape index (κ1) is 15.3. The molecule has 1 aliphatic heterocycles. The fraction of sp³-hybridized carbons (Fsp3) is 0.471. The van der Waals surface area contributed by atoms with Crippen LogP contribution in [0, 0.1) is 6.92 Å². The number of aromatic nitrogens is 4. The SMILES string of the molecule is Cc1ccc2c(c1)c(=O)n(C)c1nnc(CN3CCOC(C)C3)n21. The normalized spacial score (nSPS) is 19.4. The number of fused-ring (bicyclic) bond motifs is 3. The molecule has 1 atom stereocenters. The van der Waals surface area contributed by atoms with E-state index in [4.69, 9.17) is 4.74 Å². The van der Waals surface area contributed by atoms with Crippen LogP contribution in [0.1, 0.15) is 18.3 Å². The summed E-state index contributed by atoms with van der Waals surface area (Å²) in [7, 11) is 1.74. The molecule has 1 saturated heterocycles. The van der Waals surface area contributed by atoms with Gasteiger partial charge in [-0.25, -0.2) is 0 Å². The van der Waals surface area contributed by atoms with Crippen molar-refractivity contribution in [2.24, 2.45) is 7.05 Å². The minimum Gasteiger partial charge on any atom is -0.376 e. The number of hydrogen-bond acceptors (Lipinski definition) is 5. The van der Waals surface area contributed by atoms with Crippen LogP contribution in [0.3, 0.4) is 0 Å². The highest BCUT2D eigenvalue weighted by Gasteiger charge is 2.21. The number of benzene rings is 1. The number of hydrogen-bond donors (Lipinski definition) is 0. The molecule has 1 aliphatic rings. The molecule has 0 saturated carbocycles. The minimum atomic E-state index is -0.0415. The van der Waals surface area contributed by atoms with Gasteiger partial charge in [0.05, 0.1) is 30.2 Å². The van der Waals surface area contributed by atoms with E-state index in [0.29, 0.717) is 17.7 Å². The molecule has 1 unspecified atom stereocenters. The van der Waals surface area contributed by atoms with Gasteiger partial charge in [-0.2, -0.15) is 0 Å². The van der Waals surface area contributed by atoms with E-state index in [1.807, 2.05) is 29.5 Å². The lowest BCUT2D eigenvalue weighted by atomic mass is 10.1. The van der Waals surface area contributed by atoms with Gasteiger partial charge >= 0.3 is 0 Å². The highest BCUT2D eigenvalue weighted by Crippen LogP contribution is 2.17. The molecule has 126 valence electrons. The van der Waals surface area contributed by atoms with Gasteiger partial charge in [0.25, 0.3) is 5.56 Å². The standard InChI is InChI=1S/C17H21N5O2/c1-11-4-5-14-13(8-11)16(23)20(3)17-19-18-15(22(14)17)10-21-6-7-24-12(2)9-21/h4-5,8,12H,6-7,9-10H2,1-3H3. The molecular formula is C17H21N5O2. The van der Waals surface area contributed by atoms with E-state index in [-0.39, 0.29) is 11.7 Å². The molecule has 3 aromatic rings. The Balaban J connectivity index is 1.88. The monoisotopic (exact) mass is 327 g/mol. The van der Waals surface area contributed by atoms with Crippen molar-refractivity contribution >= 4 is 16.7 Å². The highest BCUT2D eigenvalue weighted by molar-refractivity contribution is 5.81. The van der Waals surface area contributed by atoms with Crippen molar-refractivity contribution in [3.63, 3.8) is 0 Å². The van der Waals surface area contributed by atoms with Crippen molar-refractivity contribution in [1.82, 2.24) is 24.1 Å². The first-order valence-electron chi connectivity index (χ1n) is 8.22. The van der Waals surface area contributed by atoms with Crippen LogP contribution in [-0.4, -0.2) is 49.9 Å². The zero-order chi connectivity index (χ0) is 16.8. The summed E-state index contributed by atoms with van der Waals surface area (Å²) in [6.45, 7) is 7.24. The van der Waals surface area contributed by atoms with Crippen LogP contribution in [0.25, 0.3) is 16.7 Å². The molecule has 7 heteroatoms. The molecule has 3 heterocycles. The fourth-order valence-corrected chi connectivity index (χ4v) is 3.40. The van der Waals surface area contributed by atoms with Crippen molar-refractivity contribution in [1.29, 1.82) is 0 Å². The van der Waals surface area contributed by atoms with Crippen LogP contribution >= 0.6 is 0 Å². The van der Waals surface area contributed by atoms with Crippen molar-refractivity contribution in [3.05, 3.63) is 39.9 Å². The Labute approximate surface area is 139 Å². The number of morpholine rings is 1. The van der Waals surface area contributed by atoms with Crippen LogP contribution in [0.15, 0.2) is 23.0 Å². The Hall–Kier alpha value is -2.25. The molecule has 1 fully saturated rings. The molecule has 0 spiro atoms. The maximum atomic E-state index is 12.6. The summed E-state index contributed by atoms with van der Waals surface area (Å²) in [5.41, 5.74) is 1.88. The predicted molar refractivity (Wildman–Crippen MR) is 91.2 cm³/mol. The second kappa shape index (κ2) is 5.68. The van der Waals surface area contributed by atoms with Crippen molar-refractivity contribution in [2.75, 3.05) is 19.7 Å². The molecule has 7 nitrogen and oxygen atoms in total. The van der Waals surface area contributed by atoms with Gasteiger partial charge < -0.3 is 4.74 Å². The average Bonchev–Trinajstić information content (AvgIpc) is 2.96. The van der Waals surface area contributed by atoms with E-state index in [0.717, 1.165) is 36.6 Å². The number of nitrogens with zero attached hydrogens (tertiary/aromatic N) is 5. The Morgan fingerprint density at radius 2 is 2.17 bits per heavy atom. The summed E-state index contributed by atoms with van der Waals surface area (Å²) in [6, 6.07) is 5.92. The van der Waals surface area contributed by atoms with E-state index in [1.165, 1.54) is 0 Å². The Morgan fingerprint density at radius 1 is 1.33 bits per heavy atom. The lowest BCUT2D eigenvalue weighted by Crippen LogP contribution is -2.40. The van der Waals surface area contributed by atoms with Gasteiger partial charge in [-0.1, -0.05) is 11.6 Å². The van der Waals surface area contributed by atoms with E-state index in [2.05, 4.69) is 22.0 Å². The Kier molecular flexibility index (Phi) is 3.62. The van der Waals surface area contributed by atoms with Gasteiger partial charge in [-0.15, -0.1) is 10.2 Å². The predicted octanol–water partition coefficient (Wildman–Crippen LogP) is 1.11. The van der Waals surface area contributed by atoms with Gasteiger partial charge in [0.15, 0.2) is 5.82 Å². The first-order chi connectivity index (χ1) is 11.5. The third-order valence-electron chi connectivity index (χ3n) is 4.63. The van der Waals surface area contributed by atoms with E-state index in [9.17, 15) is 4.79 Å². The lowest BCUT2D eigenvalue weighted by Gasteiger charge is -2.30. The lowest BCUT2D eigenvalue weighted by molar-refractivity contribution is -0.0220. The topological polar surface area (TPSA) is 64.7 Å². The van der Waals surface area contributed by atoms with Gasteiger partial charge in [0.1, 0.15) is 0 Å². The molecule has 2 aromatic heterocycles. The van der Waals surface area contributed by atoms with E-state index in [1.54, 1.807) is 11.6 Å². The zero-order valence-corrected chi connectivity index (χ0v) is 14.2. The maximum Gasteiger partial charge on any atom is 0.262 e. The molecule has 0 radical (unpaired) electrons. The largest absolute Gasteiger partial charge is 0.376 e.